The summed E-state index contributed by atoms with van der Waals surface area (Å²) >= 11 is 0. The van der Waals surface area contributed by atoms with Gasteiger partial charge in [0.05, 0.1) is 6.04 Å². The van der Waals surface area contributed by atoms with Crippen molar-refractivity contribution in [1.82, 2.24) is 5.23 Å². The van der Waals surface area contributed by atoms with E-state index in [-0.39, 0.29) is 0 Å². The van der Waals surface area contributed by atoms with E-state index in [1.807, 2.05) is 30.3 Å². The first kappa shape index (κ1) is 9.80. The van der Waals surface area contributed by atoms with E-state index in [0.29, 0.717) is 6.42 Å². The van der Waals surface area contributed by atoms with Crippen molar-refractivity contribution in [2.45, 2.75) is 12.5 Å². The van der Waals surface area contributed by atoms with Crippen molar-refractivity contribution in [3.05, 3.63) is 35.9 Å². The van der Waals surface area contributed by atoms with Gasteiger partial charge in [-0.2, -0.15) is 0 Å². The van der Waals surface area contributed by atoms with E-state index < -0.39 is 12.0 Å². The molecular formula is C9H10BNO2. The maximum absolute atomic E-state index is 10.6. The molecule has 4 heteroatoms. The van der Waals surface area contributed by atoms with Crippen molar-refractivity contribution >= 4 is 14.0 Å². The number of carboxylic acid groups (broad SMARTS) is 1. The second kappa shape index (κ2) is 4.67. The van der Waals surface area contributed by atoms with Crippen LogP contribution >= 0.6 is 0 Å². The molecule has 0 aromatic heterocycles. The van der Waals surface area contributed by atoms with E-state index in [1.54, 1.807) is 0 Å². The van der Waals surface area contributed by atoms with Gasteiger partial charge < -0.3 is 10.3 Å². The third kappa shape index (κ3) is 2.91. The molecule has 1 rings (SSSR count). The summed E-state index contributed by atoms with van der Waals surface area (Å²) in [5.74, 6) is -0.939. The van der Waals surface area contributed by atoms with Crippen molar-refractivity contribution < 1.29 is 9.90 Å². The van der Waals surface area contributed by atoms with E-state index in [4.69, 9.17) is 13.1 Å². The van der Waals surface area contributed by atoms with Crippen molar-refractivity contribution in [2.24, 2.45) is 0 Å². The highest BCUT2D eigenvalue weighted by Gasteiger charge is 2.13. The van der Waals surface area contributed by atoms with Gasteiger partial charge in [-0.15, -0.1) is 0 Å². The van der Waals surface area contributed by atoms with Gasteiger partial charge in [0.25, 0.3) is 0 Å². The minimum absolute atomic E-state index is 0.396. The van der Waals surface area contributed by atoms with Gasteiger partial charge in [0.1, 0.15) is 0 Å². The van der Waals surface area contributed by atoms with E-state index in [0.717, 1.165) is 5.56 Å². The fraction of sp³-hybridized carbons (Fsp3) is 0.222. The lowest BCUT2D eigenvalue weighted by atomic mass is 10.0. The molecule has 0 saturated heterocycles. The Balaban J connectivity index is 2.62. The molecule has 3 nitrogen and oxygen atoms in total. The van der Waals surface area contributed by atoms with Gasteiger partial charge in [-0.05, 0) is 12.0 Å². The quantitative estimate of drug-likeness (QED) is 0.649. The lowest BCUT2D eigenvalue weighted by Gasteiger charge is -2.10. The molecule has 13 heavy (non-hydrogen) atoms. The Morgan fingerprint density at radius 1 is 1.46 bits per heavy atom. The molecule has 0 fully saturated rings. The Hall–Kier alpha value is -1.29. The number of hydrogen-bond donors (Lipinski definition) is 2. The first-order valence-electron chi connectivity index (χ1n) is 3.97. The third-order valence-corrected chi connectivity index (χ3v) is 1.78. The maximum atomic E-state index is 10.6. The number of nitrogens with one attached hydrogen (secondary N) is 1. The molecule has 0 saturated carbocycles. The number of hydrogen-bond acceptors (Lipinski definition) is 2. The van der Waals surface area contributed by atoms with Crippen LogP contribution in [0.4, 0.5) is 0 Å². The van der Waals surface area contributed by atoms with E-state index >= 15 is 0 Å². The average Bonchev–Trinajstić information content (AvgIpc) is 2.15. The number of carbonyl (C=O) groups is 1. The standard InChI is InChI=1S/C9H10BNO2/c10-11-8(9(12)13)6-7-4-2-1-3-5-7/h1-5,8,11H,6H2,(H,12,13). The second-order valence-electron chi connectivity index (χ2n) is 2.75. The Labute approximate surface area is 78.2 Å². The van der Waals surface area contributed by atoms with Crippen molar-refractivity contribution in [3.63, 3.8) is 0 Å². The summed E-state index contributed by atoms with van der Waals surface area (Å²) in [7, 11) is 5.09. The second-order valence-corrected chi connectivity index (χ2v) is 2.75. The SMILES string of the molecule is [B]NC(Cc1ccccc1)C(=O)O. The van der Waals surface area contributed by atoms with Crippen LogP contribution in [-0.2, 0) is 11.2 Å². The Bertz CT molecular complexity index is 276. The summed E-state index contributed by atoms with van der Waals surface area (Å²) < 4.78 is 0. The van der Waals surface area contributed by atoms with Crippen LogP contribution in [0.2, 0.25) is 0 Å². The number of aliphatic carboxylic acids is 1. The van der Waals surface area contributed by atoms with Crippen LogP contribution in [0.5, 0.6) is 0 Å². The van der Waals surface area contributed by atoms with Gasteiger partial charge in [0, 0.05) is 0 Å². The molecule has 0 heterocycles. The summed E-state index contributed by atoms with van der Waals surface area (Å²) in [6, 6.07) is 8.63. The molecule has 0 amide bonds. The zero-order valence-corrected chi connectivity index (χ0v) is 7.10. The highest BCUT2D eigenvalue weighted by molar-refractivity contribution is 6.06. The van der Waals surface area contributed by atoms with E-state index in [1.165, 1.54) is 0 Å². The molecule has 1 aromatic carbocycles. The molecule has 1 aromatic rings. The predicted octanol–water partition coefficient (Wildman–Crippen LogP) is 0.355. The van der Waals surface area contributed by atoms with Gasteiger partial charge in [-0.25, -0.2) is 0 Å². The Kier molecular flexibility index (Phi) is 3.52. The van der Waals surface area contributed by atoms with Gasteiger partial charge in [0.2, 0.25) is 0 Å². The van der Waals surface area contributed by atoms with Crippen LogP contribution in [0.25, 0.3) is 0 Å². The third-order valence-electron chi connectivity index (χ3n) is 1.78. The highest BCUT2D eigenvalue weighted by Crippen LogP contribution is 2.02. The number of benzene rings is 1. The molecule has 0 aliphatic heterocycles. The number of rotatable bonds is 4. The monoisotopic (exact) mass is 175 g/mol. The van der Waals surface area contributed by atoms with Gasteiger partial charge in [0.15, 0.2) is 7.98 Å². The van der Waals surface area contributed by atoms with Crippen molar-refractivity contribution in [1.29, 1.82) is 0 Å². The van der Waals surface area contributed by atoms with Crippen LogP contribution < -0.4 is 5.23 Å². The highest BCUT2D eigenvalue weighted by atomic mass is 16.4. The minimum atomic E-state index is -0.939. The summed E-state index contributed by atoms with van der Waals surface area (Å²) in [5.41, 5.74) is 0.952. The predicted molar refractivity (Wildman–Crippen MR) is 50.5 cm³/mol. The molecule has 2 radical (unpaired) electrons. The van der Waals surface area contributed by atoms with Crippen LogP contribution in [0.1, 0.15) is 5.56 Å². The van der Waals surface area contributed by atoms with Crippen LogP contribution in [-0.4, -0.2) is 25.1 Å². The Morgan fingerprint density at radius 2 is 2.08 bits per heavy atom. The average molecular weight is 175 g/mol. The van der Waals surface area contributed by atoms with Crippen molar-refractivity contribution in [2.75, 3.05) is 0 Å². The van der Waals surface area contributed by atoms with Crippen molar-refractivity contribution in [3.8, 4) is 0 Å². The lowest BCUT2D eigenvalue weighted by molar-refractivity contribution is -0.138. The summed E-state index contributed by atoms with van der Waals surface area (Å²) in [6.45, 7) is 0. The van der Waals surface area contributed by atoms with E-state index in [9.17, 15) is 4.79 Å². The minimum Gasteiger partial charge on any atom is -0.480 e. The molecule has 0 aliphatic rings. The molecule has 0 bridgehead atoms. The first-order valence-corrected chi connectivity index (χ1v) is 3.97. The molecule has 2 N–H and O–H groups in total. The van der Waals surface area contributed by atoms with Gasteiger partial charge in [-0.1, -0.05) is 30.3 Å². The normalized spacial score (nSPS) is 12.3. The molecule has 1 atom stereocenters. The molecule has 1 unspecified atom stereocenters. The van der Waals surface area contributed by atoms with E-state index in [2.05, 4.69) is 5.23 Å². The van der Waals surface area contributed by atoms with Crippen LogP contribution in [0, 0.1) is 0 Å². The lowest BCUT2D eigenvalue weighted by Crippen LogP contribution is -2.36. The topological polar surface area (TPSA) is 49.3 Å². The fourth-order valence-electron chi connectivity index (χ4n) is 1.07. The number of carboxylic acids is 1. The van der Waals surface area contributed by atoms with Gasteiger partial charge in [-0.3, -0.25) is 4.79 Å². The zero-order chi connectivity index (χ0) is 9.68. The molecule has 0 aliphatic carbocycles. The van der Waals surface area contributed by atoms with Crippen LogP contribution in [0.15, 0.2) is 30.3 Å². The first-order chi connectivity index (χ1) is 6.24. The Morgan fingerprint density at radius 3 is 2.54 bits per heavy atom. The van der Waals surface area contributed by atoms with Gasteiger partial charge >= 0.3 is 5.97 Å². The van der Waals surface area contributed by atoms with Crippen LogP contribution in [0.3, 0.4) is 0 Å². The zero-order valence-electron chi connectivity index (χ0n) is 7.10. The summed E-state index contributed by atoms with van der Waals surface area (Å²) in [4.78, 5) is 10.6. The fourth-order valence-corrected chi connectivity index (χ4v) is 1.07. The summed E-state index contributed by atoms with van der Waals surface area (Å²) in [6.07, 6.45) is 0.396. The molecule has 66 valence electrons. The molecule has 0 spiro atoms. The maximum Gasteiger partial charge on any atom is 0.319 e. The molecular weight excluding hydrogens is 165 g/mol. The largest absolute Gasteiger partial charge is 0.480 e. The smallest absolute Gasteiger partial charge is 0.319 e. The summed E-state index contributed by atoms with van der Waals surface area (Å²) in [5, 5.41) is 10.9.